The number of hydrogen-bond acceptors (Lipinski definition) is 2. The van der Waals surface area contributed by atoms with E-state index in [1.807, 2.05) is 12.1 Å². The highest BCUT2D eigenvalue weighted by Gasteiger charge is 2.34. The first-order valence-corrected chi connectivity index (χ1v) is 7.05. The van der Waals surface area contributed by atoms with Crippen LogP contribution in [-0.2, 0) is 0 Å². The van der Waals surface area contributed by atoms with E-state index in [1.165, 1.54) is 5.69 Å². The molecular formula is C15H22ClNO. The highest BCUT2D eigenvalue weighted by atomic mass is 35.5. The van der Waals surface area contributed by atoms with Gasteiger partial charge in [-0.15, -0.1) is 0 Å². The first-order valence-electron chi connectivity index (χ1n) is 6.67. The Balaban J connectivity index is 2.12. The molecule has 100 valence electrons. The molecule has 0 amide bonds. The maximum absolute atomic E-state index is 9.07. The van der Waals surface area contributed by atoms with Crippen LogP contribution in [0.4, 0.5) is 5.69 Å². The highest BCUT2D eigenvalue weighted by Crippen LogP contribution is 2.36. The van der Waals surface area contributed by atoms with Crippen molar-refractivity contribution >= 4 is 17.3 Å². The minimum absolute atomic E-state index is 0.145. The van der Waals surface area contributed by atoms with Gasteiger partial charge in [-0.3, -0.25) is 0 Å². The molecule has 2 nitrogen and oxygen atoms in total. The topological polar surface area (TPSA) is 23.5 Å². The van der Waals surface area contributed by atoms with Crippen molar-refractivity contribution in [2.75, 3.05) is 18.1 Å². The highest BCUT2D eigenvalue weighted by molar-refractivity contribution is 6.30. The number of hydrogen-bond donors (Lipinski definition) is 1. The Morgan fingerprint density at radius 2 is 2.00 bits per heavy atom. The van der Waals surface area contributed by atoms with Crippen LogP contribution in [0.5, 0.6) is 0 Å². The Morgan fingerprint density at radius 3 is 2.56 bits per heavy atom. The fraction of sp³-hybridized carbons (Fsp3) is 0.600. The smallest absolute Gasteiger partial charge is 0.0433 e. The van der Waals surface area contributed by atoms with E-state index in [0.29, 0.717) is 12.5 Å². The summed E-state index contributed by atoms with van der Waals surface area (Å²) in [5, 5.41) is 9.86. The second-order valence-corrected chi connectivity index (χ2v) is 6.25. The van der Waals surface area contributed by atoms with Gasteiger partial charge in [-0.25, -0.2) is 0 Å². The standard InChI is InChI=1S/C15H22ClNO/c1-15(2)11-12(8-10-18)7-9-17(15)14-5-3-13(16)4-6-14/h3-6,12,18H,7-11H2,1-2H3. The first kappa shape index (κ1) is 13.7. The molecule has 2 rings (SSSR count). The van der Waals surface area contributed by atoms with E-state index in [9.17, 15) is 0 Å². The molecule has 1 aliphatic heterocycles. The zero-order chi connectivity index (χ0) is 13.2. The van der Waals surface area contributed by atoms with E-state index < -0.39 is 0 Å². The van der Waals surface area contributed by atoms with Gasteiger partial charge in [0.15, 0.2) is 0 Å². The molecule has 0 aromatic heterocycles. The molecule has 0 bridgehead atoms. The molecule has 1 N–H and O–H groups in total. The minimum atomic E-state index is 0.145. The lowest BCUT2D eigenvalue weighted by molar-refractivity contribution is 0.205. The zero-order valence-electron chi connectivity index (χ0n) is 11.2. The number of benzene rings is 1. The number of piperidine rings is 1. The lowest BCUT2D eigenvalue weighted by atomic mass is 9.81. The van der Waals surface area contributed by atoms with Crippen molar-refractivity contribution in [1.82, 2.24) is 0 Å². The van der Waals surface area contributed by atoms with Crippen LogP contribution in [0, 0.1) is 5.92 Å². The molecule has 0 saturated carbocycles. The summed E-state index contributed by atoms with van der Waals surface area (Å²) < 4.78 is 0. The number of anilines is 1. The van der Waals surface area contributed by atoms with Crippen molar-refractivity contribution in [1.29, 1.82) is 0 Å². The number of aliphatic hydroxyl groups is 1. The predicted octanol–water partition coefficient (Wildman–Crippen LogP) is 3.72. The van der Waals surface area contributed by atoms with Crippen LogP contribution in [-0.4, -0.2) is 23.8 Å². The van der Waals surface area contributed by atoms with Gasteiger partial charge in [0.2, 0.25) is 0 Å². The van der Waals surface area contributed by atoms with Crippen LogP contribution in [0.2, 0.25) is 5.02 Å². The van der Waals surface area contributed by atoms with Crippen molar-refractivity contribution in [2.24, 2.45) is 5.92 Å². The molecule has 1 unspecified atom stereocenters. The van der Waals surface area contributed by atoms with E-state index in [2.05, 4.69) is 30.9 Å². The minimum Gasteiger partial charge on any atom is -0.396 e. The maximum Gasteiger partial charge on any atom is 0.0433 e. The summed E-state index contributed by atoms with van der Waals surface area (Å²) in [7, 11) is 0. The van der Waals surface area contributed by atoms with E-state index in [-0.39, 0.29) is 5.54 Å². The molecule has 3 heteroatoms. The van der Waals surface area contributed by atoms with Crippen molar-refractivity contribution in [3.63, 3.8) is 0 Å². The molecule has 1 fully saturated rings. The fourth-order valence-electron chi connectivity index (χ4n) is 3.06. The van der Waals surface area contributed by atoms with Crippen LogP contribution in [0.15, 0.2) is 24.3 Å². The average molecular weight is 268 g/mol. The Kier molecular flexibility index (Phi) is 4.18. The molecule has 1 atom stereocenters. The maximum atomic E-state index is 9.07. The summed E-state index contributed by atoms with van der Waals surface area (Å²) >= 11 is 5.94. The molecule has 18 heavy (non-hydrogen) atoms. The monoisotopic (exact) mass is 267 g/mol. The average Bonchev–Trinajstić information content (AvgIpc) is 2.30. The third-order valence-electron chi connectivity index (χ3n) is 3.96. The van der Waals surface area contributed by atoms with Crippen molar-refractivity contribution in [2.45, 2.75) is 38.6 Å². The first-order chi connectivity index (χ1) is 8.53. The second kappa shape index (κ2) is 5.50. The second-order valence-electron chi connectivity index (χ2n) is 5.81. The third kappa shape index (κ3) is 2.99. The van der Waals surface area contributed by atoms with Gasteiger partial charge in [0.1, 0.15) is 0 Å². The van der Waals surface area contributed by atoms with Crippen LogP contribution in [0.25, 0.3) is 0 Å². The Bertz CT molecular complexity index is 388. The van der Waals surface area contributed by atoms with Crippen molar-refractivity contribution < 1.29 is 5.11 Å². The van der Waals surface area contributed by atoms with E-state index in [0.717, 1.165) is 30.8 Å². The van der Waals surface area contributed by atoms with E-state index >= 15 is 0 Å². The van der Waals surface area contributed by atoms with Gasteiger partial charge < -0.3 is 10.0 Å². The molecule has 0 aliphatic carbocycles. The zero-order valence-corrected chi connectivity index (χ0v) is 12.0. The summed E-state index contributed by atoms with van der Waals surface area (Å²) in [6.07, 6.45) is 3.22. The van der Waals surface area contributed by atoms with Gasteiger partial charge in [-0.1, -0.05) is 11.6 Å². The van der Waals surface area contributed by atoms with Gasteiger partial charge in [0.05, 0.1) is 0 Å². The molecule has 1 aromatic rings. The van der Waals surface area contributed by atoms with Gasteiger partial charge >= 0.3 is 0 Å². The lowest BCUT2D eigenvalue weighted by Crippen LogP contribution is -2.50. The number of rotatable bonds is 3. The van der Waals surface area contributed by atoms with Crippen molar-refractivity contribution in [3.05, 3.63) is 29.3 Å². The summed E-state index contributed by atoms with van der Waals surface area (Å²) in [5.41, 5.74) is 1.39. The quantitative estimate of drug-likeness (QED) is 0.902. The number of halogens is 1. The Morgan fingerprint density at radius 1 is 1.33 bits per heavy atom. The van der Waals surface area contributed by atoms with Crippen LogP contribution >= 0.6 is 11.6 Å². The van der Waals surface area contributed by atoms with Gasteiger partial charge in [-0.05, 0) is 63.3 Å². The van der Waals surface area contributed by atoms with Crippen LogP contribution in [0.3, 0.4) is 0 Å². The third-order valence-corrected chi connectivity index (χ3v) is 4.21. The van der Waals surface area contributed by atoms with Crippen LogP contribution in [0.1, 0.15) is 33.1 Å². The van der Waals surface area contributed by atoms with Crippen LogP contribution < -0.4 is 4.90 Å². The molecule has 1 aromatic carbocycles. The summed E-state index contributed by atoms with van der Waals surface area (Å²) in [5.74, 6) is 0.647. The SMILES string of the molecule is CC1(C)CC(CCO)CCN1c1ccc(Cl)cc1. The molecule has 1 heterocycles. The summed E-state index contributed by atoms with van der Waals surface area (Å²) in [6.45, 7) is 5.93. The Hall–Kier alpha value is -0.730. The number of aliphatic hydroxyl groups excluding tert-OH is 1. The van der Waals surface area contributed by atoms with Gasteiger partial charge in [0, 0.05) is 29.4 Å². The number of nitrogens with zero attached hydrogens (tertiary/aromatic N) is 1. The largest absolute Gasteiger partial charge is 0.396 e. The fourth-order valence-corrected chi connectivity index (χ4v) is 3.19. The molecule has 1 saturated heterocycles. The van der Waals surface area contributed by atoms with E-state index in [1.54, 1.807) is 0 Å². The van der Waals surface area contributed by atoms with Gasteiger partial charge in [-0.2, -0.15) is 0 Å². The van der Waals surface area contributed by atoms with Crippen molar-refractivity contribution in [3.8, 4) is 0 Å². The Labute approximate surface area is 115 Å². The molecule has 0 spiro atoms. The predicted molar refractivity (Wildman–Crippen MR) is 77.3 cm³/mol. The normalized spacial score (nSPS) is 23.1. The molecular weight excluding hydrogens is 246 g/mol. The molecule has 1 aliphatic rings. The lowest BCUT2D eigenvalue weighted by Gasteiger charge is -2.47. The van der Waals surface area contributed by atoms with Gasteiger partial charge in [0.25, 0.3) is 0 Å². The summed E-state index contributed by atoms with van der Waals surface area (Å²) in [4.78, 5) is 2.46. The van der Waals surface area contributed by atoms with E-state index in [4.69, 9.17) is 16.7 Å². The summed E-state index contributed by atoms with van der Waals surface area (Å²) in [6, 6.07) is 8.09. The molecule has 0 radical (unpaired) electrons.